The van der Waals surface area contributed by atoms with Crippen molar-refractivity contribution in [3.05, 3.63) is 57.8 Å². The molecule has 3 nitrogen and oxygen atoms in total. The number of rotatable bonds is 2. The summed E-state index contributed by atoms with van der Waals surface area (Å²) in [6.07, 6.45) is 0. The number of hydrogen-bond donors (Lipinski definition) is 2. The van der Waals surface area contributed by atoms with Crippen molar-refractivity contribution in [3.8, 4) is 0 Å². The Bertz CT molecular complexity index is 702. The summed E-state index contributed by atoms with van der Waals surface area (Å²) in [6.45, 7) is 1.95. The molecule has 1 atom stereocenters. The van der Waals surface area contributed by atoms with Crippen LogP contribution < -0.4 is 10.6 Å². The molecule has 1 unspecified atom stereocenters. The van der Waals surface area contributed by atoms with Crippen molar-refractivity contribution < 1.29 is 9.18 Å². The third kappa shape index (κ3) is 2.29. The number of nitrogens with one attached hydrogen (secondary N) is 2. The smallest absolute Gasteiger partial charge is 0.251 e. The molecule has 3 rings (SSSR count). The minimum atomic E-state index is -0.569. The molecular weight excluding hydrogens is 323 g/mol. The number of halogens is 2. The molecule has 0 fully saturated rings. The Morgan fingerprint density at radius 2 is 2.05 bits per heavy atom. The minimum absolute atomic E-state index is 0.173. The maximum atomic E-state index is 13.4. The summed E-state index contributed by atoms with van der Waals surface area (Å²) < 4.78 is 14.3. The van der Waals surface area contributed by atoms with E-state index in [1.165, 1.54) is 12.1 Å². The molecule has 20 heavy (non-hydrogen) atoms. The van der Waals surface area contributed by atoms with Gasteiger partial charge in [0.1, 0.15) is 11.9 Å². The Labute approximate surface area is 124 Å². The quantitative estimate of drug-likeness (QED) is 0.871. The van der Waals surface area contributed by atoms with Gasteiger partial charge in [-0.3, -0.25) is 4.79 Å². The number of fused-ring (bicyclic) bond motifs is 1. The van der Waals surface area contributed by atoms with Crippen LogP contribution in [0.25, 0.3) is 0 Å². The lowest BCUT2D eigenvalue weighted by Gasteiger charge is -2.15. The molecular formula is C15H12BrFN2O. The molecule has 1 aliphatic heterocycles. The SMILES string of the molecule is Cc1cc(Br)ccc1NC1C(=O)Nc2ccc(F)cc21. The first-order valence-corrected chi connectivity index (χ1v) is 6.97. The Balaban J connectivity index is 1.95. The van der Waals surface area contributed by atoms with Crippen LogP contribution in [0.15, 0.2) is 40.9 Å². The summed E-state index contributed by atoms with van der Waals surface area (Å²) in [6, 6.07) is 9.49. The van der Waals surface area contributed by atoms with Gasteiger partial charge in [0.2, 0.25) is 0 Å². The average Bonchev–Trinajstić information content (AvgIpc) is 2.69. The van der Waals surface area contributed by atoms with E-state index in [0.29, 0.717) is 11.3 Å². The standard InChI is InChI=1S/C15H12BrFN2O/c1-8-6-9(16)2-4-12(8)18-14-11-7-10(17)3-5-13(11)19-15(14)20/h2-7,14,18H,1H3,(H,19,20). The van der Waals surface area contributed by atoms with Gasteiger partial charge in [-0.15, -0.1) is 0 Å². The van der Waals surface area contributed by atoms with Gasteiger partial charge in [-0.25, -0.2) is 4.39 Å². The van der Waals surface area contributed by atoms with Gasteiger partial charge < -0.3 is 10.6 Å². The zero-order valence-corrected chi connectivity index (χ0v) is 12.3. The summed E-state index contributed by atoms with van der Waals surface area (Å²) >= 11 is 3.40. The molecule has 2 aromatic rings. The van der Waals surface area contributed by atoms with E-state index in [2.05, 4.69) is 26.6 Å². The molecule has 0 aliphatic carbocycles. The Morgan fingerprint density at radius 1 is 1.25 bits per heavy atom. The van der Waals surface area contributed by atoms with E-state index in [-0.39, 0.29) is 11.7 Å². The van der Waals surface area contributed by atoms with Gasteiger partial charge in [-0.2, -0.15) is 0 Å². The van der Waals surface area contributed by atoms with Crippen LogP contribution in [0.4, 0.5) is 15.8 Å². The highest BCUT2D eigenvalue weighted by Crippen LogP contribution is 2.34. The van der Waals surface area contributed by atoms with Gasteiger partial charge in [0.25, 0.3) is 5.91 Å². The van der Waals surface area contributed by atoms with Gasteiger partial charge in [0, 0.05) is 21.4 Å². The van der Waals surface area contributed by atoms with Crippen LogP contribution in [0.5, 0.6) is 0 Å². The number of carbonyl (C=O) groups is 1. The van der Waals surface area contributed by atoms with Gasteiger partial charge in [-0.1, -0.05) is 15.9 Å². The first-order chi connectivity index (χ1) is 9.54. The third-order valence-corrected chi connectivity index (χ3v) is 3.83. The molecule has 1 heterocycles. The largest absolute Gasteiger partial charge is 0.370 e. The fraction of sp³-hybridized carbons (Fsp3) is 0.133. The summed E-state index contributed by atoms with van der Waals surface area (Å²) in [5.74, 6) is -0.521. The molecule has 1 amide bonds. The number of aryl methyl sites for hydroxylation is 1. The van der Waals surface area contributed by atoms with Gasteiger partial charge in [0.15, 0.2) is 0 Å². The fourth-order valence-electron chi connectivity index (χ4n) is 2.32. The predicted octanol–water partition coefficient (Wildman–Crippen LogP) is 4.00. The van der Waals surface area contributed by atoms with Gasteiger partial charge in [-0.05, 0) is 48.9 Å². The first kappa shape index (κ1) is 13.1. The molecule has 102 valence electrons. The van der Waals surface area contributed by atoms with Crippen molar-refractivity contribution in [1.29, 1.82) is 0 Å². The first-order valence-electron chi connectivity index (χ1n) is 6.17. The predicted molar refractivity (Wildman–Crippen MR) is 80.3 cm³/mol. The second kappa shape index (κ2) is 4.90. The number of anilines is 2. The van der Waals surface area contributed by atoms with Crippen molar-refractivity contribution in [2.24, 2.45) is 0 Å². The minimum Gasteiger partial charge on any atom is -0.370 e. The van der Waals surface area contributed by atoms with E-state index in [9.17, 15) is 9.18 Å². The number of benzene rings is 2. The number of carbonyl (C=O) groups excluding carboxylic acids is 1. The van der Waals surface area contributed by atoms with E-state index >= 15 is 0 Å². The van der Waals surface area contributed by atoms with Crippen LogP contribution in [-0.4, -0.2) is 5.91 Å². The Hall–Kier alpha value is -1.88. The maximum Gasteiger partial charge on any atom is 0.251 e. The highest BCUT2D eigenvalue weighted by Gasteiger charge is 2.31. The molecule has 2 N–H and O–H groups in total. The summed E-state index contributed by atoms with van der Waals surface area (Å²) in [7, 11) is 0. The molecule has 0 saturated heterocycles. The Kier molecular flexibility index (Phi) is 3.22. The van der Waals surface area contributed by atoms with E-state index in [0.717, 1.165) is 15.7 Å². The second-order valence-corrected chi connectivity index (χ2v) is 5.67. The van der Waals surface area contributed by atoms with Crippen LogP contribution in [-0.2, 0) is 4.79 Å². The molecule has 0 radical (unpaired) electrons. The van der Waals surface area contributed by atoms with Crippen molar-refractivity contribution in [2.45, 2.75) is 13.0 Å². The van der Waals surface area contributed by atoms with Crippen molar-refractivity contribution in [2.75, 3.05) is 10.6 Å². The van der Waals surface area contributed by atoms with Crippen LogP contribution >= 0.6 is 15.9 Å². The second-order valence-electron chi connectivity index (χ2n) is 4.76. The fourth-order valence-corrected chi connectivity index (χ4v) is 2.80. The molecule has 0 saturated carbocycles. The number of amides is 1. The maximum absolute atomic E-state index is 13.4. The highest BCUT2D eigenvalue weighted by atomic mass is 79.9. The molecule has 0 aromatic heterocycles. The zero-order chi connectivity index (χ0) is 14.3. The molecule has 5 heteroatoms. The highest BCUT2D eigenvalue weighted by molar-refractivity contribution is 9.10. The van der Waals surface area contributed by atoms with Crippen molar-refractivity contribution in [1.82, 2.24) is 0 Å². The van der Waals surface area contributed by atoms with Crippen molar-refractivity contribution >= 4 is 33.2 Å². The molecule has 1 aliphatic rings. The van der Waals surface area contributed by atoms with Gasteiger partial charge in [0.05, 0.1) is 0 Å². The monoisotopic (exact) mass is 334 g/mol. The van der Waals surface area contributed by atoms with Crippen LogP contribution in [0, 0.1) is 12.7 Å². The van der Waals surface area contributed by atoms with Gasteiger partial charge >= 0.3 is 0 Å². The summed E-state index contributed by atoms with van der Waals surface area (Å²) in [5, 5.41) is 5.92. The number of hydrogen-bond acceptors (Lipinski definition) is 2. The van der Waals surface area contributed by atoms with E-state index in [1.54, 1.807) is 6.07 Å². The Morgan fingerprint density at radius 3 is 2.80 bits per heavy atom. The van der Waals surface area contributed by atoms with Crippen molar-refractivity contribution in [3.63, 3.8) is 0 Å². The van der Waals surface area contributed by atoms with Crippen LogP contribution in [0.1, 0.15) is 17.2 Å². The summed E-state index contributed by atoms with van der Waals surface area (Å²) in [5.41, 5.74) is 3.16. The van der Waals surface area contributed by atoms with E-state index < -0.39 is 6.04 Å². The normalized spacial score (nSPS) is 16.8. The third-order valence-electron chi connectivity index (χ3n) is 3.33. The van der Waals surface area contributed by atoms with E-state index in [4.69, 9.17) is 0 Å². The molecule has 2 aromatic carbocycles. The topological polar surface area (TPSA) is 41.1 Å². The molecule has 0 bridgehead atoms. The van der Waals surface area contributed by atoms with Crippen LogP contribution in [0.3, 0.4) is 0 Å². The summed E-state index contributed by atoms with van der Waals surface area (Å²) in [4.78, 5) is 12.0. The lowest BCUT2D eigenvalue weighted by Crippen LogP contribution is -2.20. The van der Waals surface area contributed by atoms with E-state index in [1.807, 2.05) is 25.1 Å². The zero-order valence-electron chi connectivity index (χ0n) is 10.7. The van der Waals surface area contributed by atoms with Crippen LogP contribution in [0.2, 0.25) is 0 Å². The average molecular weight is 335 g/mol. The molecule has 0 spiro atoms. The lowest BCUT2D eigenvalue weighted by atomic mass is 10.1. The lowest BCUT2D eigenvalue weighted by molar-refractivity contribution is -0.116.